The smallest absolute Gasteiger partial charge is 0.233 e. The van der Waals surface area contributed by atoms with Gasteiger partial charge in [0.15, 0.2) is 5.16 Å². The van der Waals surface area contributed by atoms with Crippen molar-refractivity contribution in [3.05, 3.63) is 58.5 Å². The van der Waals surface area contributed by atoms with Gasteiger partial charge < -0.3 is 4.90 Å². The minimum atomic E-state index is 0.186. The average Bonchev–Trinajstić information content (AvgIpc) is 3.33. The van der Waals surface area contributed by atoms with Crippen molar-refractivity contribution in [3.8, 4) is 5.69 Å². The van der Waals surface area contributed by atoms with Crippen molar-refractivity contribution in [2.75, 3.05) is 31.9 Å². The maximum atomic E-state index is 12.8. The fourth-order valence-electron chi connectivity index (χ4n) is 3.80. The molecular formula is C22H25N5OS2. The summed E-state index contributed by atoms with van der Waals surface area (Å²) < 4.78 is 2.13. The molecule has 8 heteroatoms. The molecule has 0 N–H and O–H groups in total. The third kappa shape index (κ3) is 4.45. The largest absolute Gasteiger partial charge is 0.339 e. The molecule has 1 saturated heterocycles. The van der Waals surface area contributed by atoms with E-state index >= 15 is 0 Å². The molecule has 1 saturated carbocycles. The quantitative estimate of drug-likeness (QED) is 0.526. The van der Waals surface area contributed by atoms with Crippen LogP contribution in [0.2, 0.25) is 0 Å². The van der Waals surface area contributed by atoms with E-state index < -0.39 is 0 Å². The predicted molar refractivity (Wildman–Crippen MR) is 120 cm³/mol. The Bertz CT molecular complexity index is 976. The molecule has 5 rings (SSSR count). The lowest BCUT2D eigenvalue weighted by Gasteiger charge is -2.34. The first-order chi connectivity index (χ1) is 14.8. The Morgan fingerprint density at radius 2 is 1.83 bits per heavy atom. The Kier molecular flexibility index (Phi) is 5.88. The summed E-state index contributed by atoms with van der Waals surface area (Å²) in [6.45, 7) is 4.44. The van der Waals surface area contributed by atoms with E-state index in [1.807, 2.05) is 23.1 Å². The van der Waals surface area contributed by atoms with E-state index in [1.54, 1.807) is 11.3 Å². The van der Waals surface area contributed by atoms with Gasteiger partial charge in [-0.05, 0) is 36.4 Å². The summed E-state index contributed by atoms with van der Waals surface area (Å²) in [5.74, 6) is 2.12. The van der Waals surface area contributed by atoms with Gasteiger partial charge in [-0.2, -0.15) is 0 Å². The van der Waals surface area contributed by atoms with Gasteiger partial charge in [0.25, 0.3) is 0 Å². The van der Waals surface area contributed by atoms with E-state index in [0.29, 0.717) is 11.7 Å². The van der Waals surface area contributed by atoms with Crippen molar-refractivity contribution in [1.82, 2.24) is 24.6 Å². The number of carbonyl (C=O) groups is 1. The first kappa shape index (κ1) is 19.8. The highest BCUT2D eigenvalue weighted by atomic mass is 32.2. The summed E-state index contributed by atoms with van der Waals surface area (Å²) in [6, 6.07) is 14.5. The highest BCUT2D eigenvalue weighted by Gasteiger charge is 2.31. The van der Waals surface area contributed by atoms with E-state index in [4.69, 9.17) is 0 Å². The SMILES string of the molecule is O=C(CSc1nnc(C2CC2)n1-c1ccccc1)N1CCN(Cc2cccs2)CC1. The molecule has 1 aliphatic carbocycles. The summed E-state index contributed by atoms with van der Waals surface area (Å²) in [4.78, 5) is 18.6. The van der Waals surface area contributed by atoms with Gasteiger partial charge in [-0.15, -0.1) is 21.5 Å². The Hall–Kier alpha value is -2.16. The van der Waals surface area contributed by atoms with Crippen LogP contribution in [-0.2, 0) is 11.3 Å². The molecule has 30 heavy (non-hydrogen) atoms. The van der Waals surface area contributed by atoms with Gasteiger partial charge in [-0.25, -0.2) is 0 Å². The van der Waals surface area contributed by atoms with E-state index in [9.17, 15) is 4.79 Å². The summed E-state index contributed by atoms with van der Waals surface area (Å²) in [6.07, 6.45) is 2.34. The molecule has 2 aromatic heterocycles. The summed E-state index contributed by atoms with van der Waals surface area (Å²) >= 11 is 3.30. The molecule has 2 fully saturated rings. The van der Waals surface area contributed by atoms with Crippen LogP contribution in [0.15, 0.2) is 53.0 Å². The van der Waals surface area contributed by atoms with Crippen LogP contribution in [0.25, 0.3) is 5.69 Å². The minimum absolute atomic E-state index is 0.186. The van der Waals surface area contributed by atoms with Crippen LogP contribution in [-0.4, -0.2) is 62.4 Å². The third-order valence-electron chi connectivity index (χ3n) is 5.62. The molecule has 0 radical (unpaired) electrons. The lowest BCUT2D eigenvalue weighted by atomic mass is 10.3. The van der Waals surface area contributed by atoms with Crippen LogP contribution in [0.5, 0.6) is 0 Å². The average molecular weight is 440 g/mol. The fourth-order valence-corrected chi connectivity index (χ4v) is 5.40. The highest BCUT2D eigenvalue weighted by Crippen LogP contribution is 2.41. The normalized spacial score (nSPS) is 17.4. The lowest BCUT2D eigenvalue weighted by molar-refractivity contribution is -0.130. The van der Waals surface area contributed by atoms with Crippen molar-refractivity contribution in [2.24, 2.45) is 0 Å². The molecule has 0 bridgehead atoms. The number of aromatic nitrogens is 3. The molecule has 3 heterocycles. The van der Waals surface area contributed by atoms with Gasteiger partial charge in [0.05, 0.1) is 5.75 Å². The zero-order valence-corrected chi connectivity index (χ0v) is 18.4. The van der Waals surface area contributed by atoms with E-state index in [1.165, 1.54) is 29.5 Å². The molecule has 3 aromatic rings. The van der Waals surface area contributed by atoms with Gasteiger partial charge in [-0.3, -0.25) is 14.3 Å². The molecule has 1 aliphatic heterocycles. The number of thioether (sulfide) groups is 1. The number of rotatable bonds is 7. The molecule has 0 spiro atoms. The first-order valence-corrected chi connectivity index (χ1v) is 12.3. The topological polar surface area (TPSA) is 54.3 Å². The van der Waals surface area contributed by atoms with Crippen molar-refractivity contribution in [3.63, 3.8) is 0 Å². The number of amides is 1. The van der Waals surface area contributed by atoms with E-state index in [-0.39, 0.29) is 5.91 Å². The third-order valence-corrected chi connectivity index (χ3v) is 7.40. The number of nitrogens with zero attached hydrogens (tertiary/aromatic N) is 5. The fraction of sp³-hybridized carbons (Fsp3) is 0.409. The Morgan fingerprint density at radius 1 is 1.03 bits per heavy atom. The number of piperazine rings is 1. The van der Waals surface area contributed by atoms with Crippen LogP contribution in [0, 0.1) is 0 Å². The van der Waals surface area contributed by atoms with Crippen molar-refractivity contribution in [1.29, 1.82) is 0 Å². The van der Waals surface area contributed by atoms with Crippen LogP contribution in [0.4, 0.5) is 0 Å². The minimum Gasteiger partial charge on any atom is -0.339 e. The van der Waals surface area contributed by atoms with Gasteiger partial charge in [0, 0.05) is 49.2 Å². The second-order valence-corrected chi connectivity index (χ2v) is 9.79. The first-order valence-electron chi connectivity index (χ1n) is 10.4. The number of para-hydroxylation sites is 1. The van der Waals surface area contributed by atoms with Crippen LogP contribution >= 0.6 is 23.1 Å². The number of benzene rings is 1. The number of carbonyl (C=O) groups excluding carboxylic acids is 1. The van der Waals surface area contributed by atoms with Gasteiger partial charge in [-0.1, -0.05) is 36.0 Å². The van der Waals surface area contributed by atoms with Gasteiger partial charge in [0.1, 0.15) is 5.82 Å². The Morgan fingerprint density at radius 3 is 2.53 bits per heavy atom. The van der Waals surface area contributed by atoms with E-state index in [2.05, 4.69) is 49.3 Å². The predicted octanol–water partition coefficient (Wildman–Crippen LogP) is 3.64. The zero-order valence-electron chi connectivity index (χ0n) is 16.8. The molecule has 1 amide bonds. The van der Waals surface area contributed by atoms with E-state index in [0.717, 1.165) is 49.4 Å². The number of hydrogen-bond donors (Lipinski definition) is 0. The van der Waals surface area contributed by atoms with Crippen molar-refractivity contribution < 1.29 is 4.79 Å². The molecule has 6 nitrogen and oxygen atoms in total. The molecule has 1 aromatic carbocycles. The monoisotopic (exact) mass is 439 g/mol. The van der Waals surface area contributed by atoms with Gasteiger partial charge >= 0.3 is 0 Å². The van der Waals surface area contributed by atoms with Crippen LogP contribution in [0.1, 0.15) is 29.5 Å². The molecule has 0 unspecified atom stereocenters. The zero-order chi connectivity index (χ0) is 20.3. The number of hydrogen-bond acceptors (Lipinski definition) is 6. The molecule has 2 aliphatic rings. The maximum absolute atomic E-state index is 12.8. The second kappa shape index (κ2) is 8.91. The summed E-state index contributed by atoms with van der Waals surface area (Å²) in [5.41, 5.74) is 1.07. The molecule has 156 valence electrons. The second-order valence-electron chi connectivity index (χ2n) is 7.81. The van der Waals surface area contributed by atoms with Crippen LogP contribution in [0.3, 0.4) is 0 Å². The molecule has 0 atom stereocenters. The van der Waals surface area contributed by atoms with Crippen molar-refractivity contribution >= 4 is 29.0 Å². The summed E-state index contributed by atoms with van der Waals surface area (Å²) in [7, 11) is 0. The standard InChI is InChI=1S/C22H25N5OS2/c28-20(26-12-10-25(11-13-26)15-19-7-4-14-29-19)16-30-22-24-23-21(17-8-9-17)27(22)18-5-2-1-3-6-18/h1-7,14,17H,8-13,15-16H2. The Labute approximate surface area is 184 Å². The van der Waals surface area contributed by atoms with Crippen LogP contribution < -0.4 is 0 Å². The number of thiophene rings is 1. The molecular weight excluding hydrogens is 414 g/mol. The maximum Gasteiger partial charge on any atom is 0.233 e. The van der Waals surface area contributed by atoms with Gasteiger partial charge in [0.2, 0.25) is 5.91 Å². The summed E-state index contributed by atoms with van der Waals surface area (Å²) in [5, 5.41) is 11.8. The van der Waals surface area contributed by atoms with Crippen molar-refractivity contribution in [2.45, 2.75) is 30.5 Å². The lowest BCUT2D eigenvalue weighted by Crippen LogP contribution is -2.48. The Balaban J connectivity index is 1.19. The highest BCUT2D eigenvalue weighted by molar-refractivity contribution is 7.99.